The molecule has 1 saturated heterocycles. The van der Waals surface area contributed by atoms with Crippen LogP contribution in [0.5, 0.6) is 0 Å². The zero-order valence-corrected chi connectivity index (χ0v) is 10.8. The number of carbonyl (C=O) groups is 1. The van der Waals surface area contributed by atoms with Crippen molar-refractivity contribution in [2.24, 2.45) is 0 Å². The summed E-state index contributed by atoms with van der Waals surface area (Å²) in [4.78, 5) is 14.4. The highest BCUT2D eigenvalue weighted by Gasteiger charge is 2.23. The fourth-order valence-electron chi connectivity index (χ4n) is 2.43. The maximum absolute atomic E-state index is 12.5. The highest BCUT2D eigenvalue weighted by atomic mass is 16.2. The summed E-state index contributed by atoms with van der Waals surface area (Å²) in [5, 5.41) is 3.35. The number of aryl methyl sites for hydroxylation is 2. The van der Waals surface area contributed by atoms with Gasteiger partial charge in [-0.1, -0.05) is 18.2 Å². The van der Waals surface area contributed by atoms with Gasteiger partial charge in [-0.05, 0) is 31.9 Å². The molecule has 1 aromatic rings. The molecule has 0 saturated carbocycles. The van der Waals surface area contributed by atoms with E-state index in [9.17, 15) is 4.79 Å². The first-order chi connectivity index (χ1) is 8.09. The Kier molecular flexibility index (Phi) is 3.48. The van der Waals surface area contributed by atoms with Gasteiger partial charge in [0.15, 0.2) is 0 Å². The quantitative estimate of drug-likeness (QED) is 0.800. The molecule has 1 amide bonds. The van der Waals surface area contributed by atoms with Crippen LogP contribution >= 0.6 is 0 Å². The largest absolute Gasteiger partial charge is 0.336 e. The van der Waals surface area contributed by atoms with Crippen LogP contribution in [0.4, 0.5) is 0 Å². The molecular weight excluding hydrogens is 212 g/mol. The lowest BCUT2D eigenvalue weighted by Gasteiger charge is -2.32. The van der Waals surface area contributed by atoms with E-state index in [-0.39, 0.29) is 5.91 Å². The van der Waals surface area contributed by atoms with Gasteiger partial charge < -0.3 is 10.2 Å². The molecule has 3 heteroatoms. The summed E-state index contributed by atoms with van der Waals surface area (Å²) in [5.74, 6) is 0.175. The van der Waals surface area contributed by atoms with Crippen molar-refractivity contribution < 1.29 is 4.79 Å². The predicted octanol–water partition coefficient (Wildman–Crippen LogP) is 1.74. The van der Waals surface area contributed by atoms with Crippen LogP contribution in [0.15, 0.2) is 18.2 Å². The number of nitrogens with one attached hydrogen (secondary N) is 1. The molecule has 1 atom stereocenters. The van der Waals surface area contributed by atoms with E-state index >= 15 is 0 Å². The third-order valence-corrected chi connectivity index (χ3v) is 3.35. The second-order valence-corrected chi connectivity index (χ2v) is 4.87. The van der Waals surface area contributed by atoms with E-state index in [1.165, 1.54) is 0 Å². The molecule has 17 heavy (non-hydrogen) atoms. The zero-order chi connectivity index (χ0) is 12.4. The first-order valence-electron chi connectivity index (χ1n) is 6.18. The molecule has 1 fully saturated rings. The highest BCUT2D eigenvalue weighted by Crippen LogP contribution is 2.16. The fraction of sp³-hybridized carbons (Fsp3) is 0.500. The number of nitrogens with zero attached hydrogens (tertiary/aromatic N) is 1. The van der Waals surface area contributed by atoms with E-state index in [1.807, 2.05) is 36.9 Å². The summed E-state index contributed by atoms with van der Waals surface area (Å²) >= 11 is 0. The summed E-state index contributed by atoms with van der Waals surface area (Å²) in [6.07, 6.45) is 0. The van der Waals surface area contributed by atoms with Crippen molar-refractivity contribution in [1.29, 1.82) is 0 Å². The molecule has 1 aliphatic heterocycles. The number of rotatable bonds is 1. The lowest BCUT2D eigenvalue weighted by molar-refractivity contribution is 0.0707. The smallest absolute Gasteiger partial charge is 0.254 e. The molecule has 0 aromatic heterocycles. The summed E-state index contributed by atoms with van der Waals surface area (Å²) < 4.78 is 0. The SMILES string of the molecule is Cc1cccc(C)c1C(=O)N1CCN[C@H](C)C1. The number of amides is 1. The van der Waals surface area contributed by atoms with Crippen LogP contribution in [-0.2, 0) is 0 Å². The van der Waals surface area contributed by atoms with Crippen LogP contribution < -0.4 is 5.32 Å². The lowest BCUT2D eigenvalue weighted by atomic mass is 10.0. The minimum atomic E-state index is 0.175. The van der Waals surface area contributed by atoms with Crippen LogP contribution in [0.3, 0.4) is 0 Å². The first-order valence-corrected chi connectivity index (χ1v) is 6.18. The maximum Gasteiger partial charge on any atom is 0.254 e. The van der Waals surface area contributed by atoms with Crippen molar-refractivity contribution in [3.63, 3.8) is 0 Å². The van der Waals surface area contributed by atoms with Gasteiger partial charge in [0.25, 0.3) is 5.91 Å². The molecular formula is C14H20N2O. The van der Waals surface area contributed by atoms with Crippen molar-refractivity contribution in [2.45, 2.75) is 26.8 Å². The topological polar surface area (TPSA) is 32.3 Å². The van der Waals surface area contributed by atoms with Gasteiger partial charge in [-0.2, -0.15) is 0 Å². The molecule has 0 spiro atoms. The second-order valence-electron chi connectivity index (χ2n) is 4.87. The monoisotopic (exact) mass is 232 g/mol. The van der Waals surface area contributed by atoms with Crippen molar-refractivity contribution in [2.75, 3.05) is 19.6 Å². The lowest BCUT2D eigenvalue weighted by Crippen LogP contribution is -2.51. The molecule has 2 rings (SSSR count). The second kappa shape index (κ2) is 4.88. The average Bonchev–Trinajstić information content (AvgIpc) is 2.28. The highest BCUT2D eigenvalue weighted by molar-refractivity contribution is 5.97. The van der Waals surface area contributed by atoms with E-state index in [1.54, 1.807) is 0 Å². The van der Waals surface area contributed by atoms with Crippen LogP contribution in [-0.4, -0.2) is 36.5 Å². The van der Waals surface area contributed by atoms with Gasteiger partial charge in [-0.25, -0.2) is 0 Å². The van der Waals surface area contributed by atoms with Crippen molar-refractivity contribution >= 4 is 5.91 Å². The fourth-order valence-corrected chi connectivity index (χ4v) is 2.43. The summed E-state index contributed by atoms with van der Waals surface area (Å²) in [5.41, 5.74) is 3.02. The molecule has 1 aromatic carbocycles. The molecule has 1 aliphatic rings. The van der Waals surface area contributed by atoms with Gasteiger partial charge >= 0.3 is 0 Å². The van der Waals surface area contributed by atoms with Crippen LogP contribution in [0.25, 0.3) is 0 Å². The van der Waals surface area contributed by atoms with E-state index < -0.39 is 0 Å². The number of piperazine rings is 1. The van der Waals surface area contributed by atoms with Crippen LogP contribution in [0.1, 0.15) is 28.4 Å². The minimum Gasteiger partial charge on any atom is -0.336 e. The van der Waals surface area contributed by atoms with Crippen molar-refractivity contribution in [3.05, 3.63) is 34.9 Å². The van der Waals surface area contributed by atoms with E-state index in [4.69, 9.17) is 0 Å². The molecule has 0 aliphatic carbocycles. The van der Waals surface area contributed by atoms with Gasteiger partial charge in [-0.15, -0.1) is 0 Å². The summed E-state index contributed by atoms with van der Waals surface area (Å²) in [6.45, 7) is 8.61. The minimum absolute atomic E-state index is 0.175. The number of hydrogen-bond acceptors (Lipinski definition) is 2. The normalized spacial score (nSPS) is 20.4. The Bertz CT molecular complexity index is 408. The maximum atomic E-state index is 12.5. The Labute approximate surface area is 103 Å². The molecule has 92 valence electrons. The Morgan fingerprint density at radius 1 is 1.35 bits per heavy atom. The Morgan fingerprint density at radius 2 is 2.00 bits per heavy atom. The Balaban J connectivity index is 2.24. The number of carbonyl (C=O) groups excluding carboxylic acids is 1. The number of benzene rings is 1. The van der Waals surface area contributed by atoms with Gasteiger partial charge in [0.2, 0.25) is 0 Å². The van der Waals surface area contributed by atoms with Crippen molar-refractivity contribution in [1.82, 2.24) is 10.2 Å². The van der Waals surface area contributed by atoms with Gasteiger partial charge in [0.1, 0.15) is 0 Å². The molecule has 1 heterocycles. The summed E-state index contributed by atoms with van der Waals surface area (Å²) in [7, 11) is 0. The van der Waals surface area contributed by atoms with E-state index in [0.29, 0.717) is 6.04 Å². The Hall–Kier alpha value is -1.35. The first kappa shape index (κ1) is 12.1. The molecule has 0 bridgehead atoms. The van der Waals surface area contributed by atoms with Gasteiger partial charge in [-0.3, -0.25) is 4.79 Å². The summed E-state index contributed by atoms with van der Waals surface area (Å²) in [6, 6.07) is 6.40. The average molecular weight is 232 g/mol. The van der Waals surface area contributed by atoms with E-state index in [0.717, 1.165) is 36.3 Å². The van der Waals surface area contributed by atoms with E-state index in [2.05, 4.69) is 12.2 Å². The number of hydrogen-bond donors (Lipinski definition) is 1. The Morgan fingerprint density at radius 3 is 2.59 bits per heavy atom. The molecule has 0 unspecified atom stereocenters. The molecule has 1 N–H and O–H groups in total. The molecule has 3 nitrogen and oxygen atoms in total. The van der Waals surface area contributed by atoms with Crippen molar-refractivity contribution in [3.8, 4) is 0 Å². The van der Waals surface area contributed by atoms with Gasteiger partial charge in [0.05, 0.1) is 0 Å². The zero-order valence-electron chi connectivity index (χ0n) is 10.8. The van der Waals surface area contributed by atoms with Gasteiger partial charge in [0, 0.05) is 31.2 Å². The third kappa shape index (κ3) is 2.50. The van der Waals surface area contributed by atoms with Crippen LogP contribution in [0, 0.1) is 13.8 Å². The predicted molar refractivity (Wildman–Crippen MR) is 69.3 cm³/mol. The molecule has 0 radical (unpaired) electrons. The standard InChI is InChI=1S/C14H20N2O/c1-10-5-4-6-11(2)13(10)14(17)16-8-7-15-12(3)9-16/h4-6,12,15H,7-9H2,1-3H3/t12-/m1/s1. The van der Waals surface area contributed by atoms with Crippen LogP contribution in [0.2, 0.25) is 0 Å². The third-order valence-electron chi connectivity index (χ3n) is 3.35.